The van der Waals surface area contributed by atoms with Crippen molar-refractivity contribution in [3.8, 4) is 0 Å². The van der Waals surface area contributed by atoms with E-state index in [2.05, 4.69) is 31.2 Å². The summed E-state index contributed by atoms with van der Waals surface area (Å²) in [5, 5.41) is 0. The summed E-state index contributed by atoms with van der Waals surface area (Å²) in [7, 11) is 0. The van der Waals surface area contributed by atoms with E-state index >= 15 is 0 Å². The Bertz CT molecular complexity index is 611. The number of fused-ring (bicyclic) bond motifs is 2. The number of Topliss-reactive ketones (excluding diaryl/α,β-unsaturated/α-hetero) is 1. The number of carbonyl (C=O) groups excluding carboxylic acids is 1. The topological polar surface area (TPSA) is 17.1 Å². The van der Waals surface area contributed by atoms with E-state index in [9.17, 15) is 4.79 Å². The number of carbonyl (C=O) groups is 1. The maximum atomic E-state index is 12.4. The maximum absolute atomic E-state index is 12.4. The van der Waals surface area contributed by atoms with E-state index in [1.54, 1.807) is 0 Å². The lowest BCUT2D eigenvalue weighted by Crippen LogP contribution is -2.04. The Morgan fingerprint density at radius 3 is 1.92 bits per heavy atom. The smallest absolute Gasteiger partial charge is 0.166 e. The van der Waals surface area contributed by atoms with Crippen LogP contribution in [0.25, 0.3) is 0 Å². The van der Waals surface area contributed by atoms with Gasteiger partial charge in [0.1, 0.15) is 0 Å². The van der Waals surface area contributed by atoms with E-state index in [-0.39, 0.29) is 5.92 Å². The van der Waals surface area contributed by atoms with Crippen LogP contribution in [0, 0.1) is 5.92 Å². The van der Waals surface area contributed by atoms with Crippen LogP contribution in [0.15, 0.2) is 24.3 Å². The van der Waals surface area contributed by atoms with Gasteiger partial charge in [0, 0.05) is 11.5 Å². The molecule has 2 aliphatic rings. The van der Waals surface area contributed by atoms with Gasteiger partial charge in [-0.25, -0.2) is 0 Å². The lowest BCUT2D eigenvalue weighted by molar-refractivity contribution is 0.0946. The minimum absolute atomic E-state index is 0.187. The summed E-state index contributed by atoms with van der Waals surface area (Å²) in [6.45, 7) is 2.08. The highest BCUT2D eigenvalue weighted by molar-refractivity contribution is 6.02. The molecule has 136 valence electrons. The molecule has 1 aromatic carbocycles. The van der Waals surface area contributed by atoms with Crippen LogP contribution in [0.3, 0.4) is 0 Å². The predicted octanol–water partition coefficient (Wildman–Crippen LogP) is 6.62. The fraction of sp³-hybridized carbons (Fsp3) is 0.625. The molecule has 0 radical (unpaired) electrons. The molecule has 2 aliphatic carbocycles. The molecule has 0 fully saturated rings. The summed E-state index contributed by atoms with van der Waals surface area (Å²) in [5.41, 5.74) is 5.35. The van der Waals surface area contributed by atoms with Gasteiger partial charge in [0.2, 0.25) is 0 Å². The van der Waals surface area contributed by atoms with Gasteiger partial charge in [-0.3, -0.25) is 4.79 Å². The number of hydrogen-bond acceptors (Lipinski definition) is 1. The third-order valence-corrected chi connectivity index (χ3v) is 5.97. The molecule has 0 heterocycles. The summed E-state index contributed by atoms with van der Waals surface area (Å²) in [5.74, 6) is 0.559. The van der Waals surface area contributed by atoms with Crippen LogP contribution in [0.5, 0.6) is 0 Å². The number of hydrogen-bond donors (Lipinski definition) is 0. The highest BCUT2D eigenvalue weighted by atomic mass is 16.1. The second kappa shape index (κ2) is 9.36. The quantitative estimate of drug-likeness (QED) is 0.486. The first kappa shape index (κ1) is 18.4. The van der Waals surface area contributed by atoms with Crippen LogP contribution in [-0.2, 0) is 19.3 Å². The number of allylic oxidation sites excluding steroid dienone is 2. The standard InChI is InChI=1S/C24H34O/c1-19-16-22-17-20-14-12-10-8-6-4-2-3-5-7-9-11-13-15-21(20)18-23(22)24(19)25/h2-3,17-19H,4-16H2,1H3/b3-2-. The van der Waals surface area contributed by atoms with E-state index in [0.717, 1.165) is 18.4 Å². The lowest BCUT2D eigenvalue weighted by atomic mass is 9.92. The first-order valence-electron chi connectivity index (χ1n) is 10.6. The Morgan fingerprint density at radius 1 is 0.720 bits per heavy atom. The van der Waals surface area contributed by atoms with E-state index in [0.29, 0.717) is 5.78 Å². The van der Waals surface area contributed by atoms with Gasteiger partial charge in [0.15, 0.2) is 5.78 Å². The summed E-state index contributed by atoms with van der Waals surface area (Å²) in [4.78, 5) is 12.4. The number of ketones is 1. The second-order valence-corrected chi connectivity index (χ2v) is 8.12. The Labute approximate surface area is 153 Å². The molecule has 1 nitrogen and oxygen atoms in total. The van der Waals surface area contributed by atoms with Crippen molar-refractivity contribution in [2.75, 3.05) is 0 Å². The van der Waals surface area contributed by atoms with Crippen molar-refractivity contribution >= 4 is 5.78 Å². The first-order chi connectivity index (χ1) is 12.3. The molecule has 1 atom stereocenters. The zero-order chi connectivity index (χ0) is 17.5. The van der Waals surface area contributed by atoms with Gasteiger partial charge in [-0.1, -0.05) is 50.8 Å². The van der Waals surface area contributed by atoms with Crippen LogP contribution in [0.1, 0.15) is 98.2 Å². The number of aryl methyl sites for hydroxylation is 2. The molecule has 1 heteroatoms. The molecular formula is C24H34O. The van der Waals surface area contributed by atoms with Crippen molar-refractivity contribution < 1.29 is 4.79 Å². The largest absolute Gasteiger partial charge is 0.294 e. The molecule has 25 heavy (non-hydrogen) atoms. The molecule has 0 bridgehead atoms. The van der Waals surface area contributed by atoms with E-state index in [1.807, 2.05) is 0 Å². The van der Waals surface area contributed by atoms with Gasteiger partial charge in [-0.15, -0.1) is 0 Å². The van der Waals surface area contributed by atoms with Crippen LogP contribution in [0.2, 0.25) is 0 Å². The fourth-order valence-electron chi connectivity index (χ4n) is 4.39. The minimum atomic E-state index is 0.187. The van der Waals surface area contributed by atoms with Gasteiger partial charge < -0.3 is 0 Å². The molecule has 0 aliphatic heterocycles. The van der Waals surface area contributed by atoms with Crippen LogP contribution < -0.4 is 0 Å². The van der Waals surface area contributed by atoms with Crippen LogP contribution >= 0.6 is 0 Å². The van der Waals surface area contributed by atoms with Crippen molar-refractivity contribution in [3.05, 3.63) is 46.5 Å². The van der Waals surface area contributed by atoms with Crippen molar-refractivity contribution in [1.29, 1.82) is 0 Å². The van der Waals surface area contributed by atoms with Crippen molar-refractivity contribution in [2.45, 2.75) is 90.4 Å². The van der Waals surface area contributed by atoms with Gasteiger partial charge in [0.25, 0.3) is 0 Å². The van der Waals surface area contributed by atoms with Crippen molar-refractivity contribution in [2.24, 2.45) is 5.92 Å². The zero-order valence-corrected chi connectivity index (χ0v) is 16.0. The first-order valence-corrected chi connectivity index (χ1v) is 10.6. The van der Waals surface area contributed by atoms with Gasteiger partial charge in [-0.05, 0) is 80.5 Å². The maximum Gasteiger partial charge on any atom is 0.166 e. The SMILES string of the molecule is CC1Cc2cc3c(cc2C1=O)CCCCCC/C=C\CCCCCC3. The van der Waals surface area contributed by atoms with E-state index in [4.69, 9.17) is 0 Å². The predicted molar refractivity (Wildman–Crippen MR) is 106 cm³/mol. The van der Waals surface area contributed by atoms with Crippen molar-refractivity contribution in [3.63, 3.8) is 0 Å². The molecule has 1 unspecified atom stereocenters. The Balaban J connectivity index is 1.71. The minimum Gasteiger partial charge on any atom is -0.294 e. The summed E-state index contributed by atoms with van der Waals surface area (Å²) >= 11 is 0. The second-order valence-electron chi connectivity index (χ2n) is 8.12. The monoisotopic (exact) mass is 338 g/mol. The van der Waals surface area contributed by atoms with Gasteiger partial charge in [-0.2, -0.15) is 0 Å². The number of rotatable bonds is 0. The highest BCUT2D eigenvalue weighted by Crippen LogP contribution is 2.31. The lowest BCUT2D eigenvalue weighted by Gasteiger charge is -2.13. The fourth-order valence-corrected chi connectivity index (χ4v) is 4.39. The van der Waals surface area contributed by atoms with E-state index in [1.165, 1.54) is 87.3 Å². The zero-order valence-electron chi connectivity index (χ0n) is 16.0. The Hall–Kier alpha value is -1.37. The molecule has 0 spiro atoms. The molecule has 0 amide bonds. The van der Waals surface area contributed by atoms with E-state index < -0.39 is 0 Å². The molecular weight excluding hydrogens is 304 g/mol. The molecule has 0 N–H and O–H groups in total. The summed E-state index contributed by atoms with van der Waals surface area (Å²) < 4.78 is 0. The third-order valence-electron chi connectivity index (χ3n) is 5.97. The summed E-state index contributed by atoms with van der Waals surface area (Å²) in [6, 6.07) is 4.65. The van der Waals surface area contributed by atoms with Crippen LogP contribution in [0.4, 0.5) is 0 Å². The highest BCUT2D eigenvalue weighted by Gasteiger charge is 2.27. The average molecular weight is 339 g/mol. The Kier molecular flexibility index (Phi) is 6.90. The average Bonchev–Trinajstić information content (AvgIpc) is 2.88. The molecule has 3 rings (SSSR count). The molecule has 0 aromatic heterocycles. The Morgan fingerprint density at radius 2 is 1.28 bits per heavy atom. The molecule has 1 aromatic rings. The molecule has 0 saturated carbocycles. The number of benzene rings is 1. The summed E-state index contributed by atoms with van der Waals surface area (Å²) in [6.07, 6.45) is 21.1. The normalized spacial score (nSPS) is 24.5. The van der Waals surface area contributed by atoms with Crippen LogP contribution in [-0.4, -0.2) is 5.78 Å². The van der Waals surface area contributed by atoms with Gasteiger partial charge >= 0.3 is 0 Å². The molecule has 0 saturated heterocycles. The third kappa shape index (κ3) is 5.06. The van der Waals surface area contributed by atoms with Gasteiger partial charge in [0.05, 0.1) is 0 Å². The van der Waals surface area contributed by atoms with Crippen molar-refractivity contribution in [1.82, 2.24) is 0 Å².